The van der Waals surface area contributed by atoms with Crippen molar-refractivity contribution in [1.29, 1.82) is 5.26 Å². The van der Waals surface area contributed by atoms with Gasteiger partial charge in [-0.1, -0.05) is 12.1 Å². The number of nitrogens with zero attached hydrogens (tertiary/aromatic N) is 4. The molecule has 0 bridgehead atoms. The summed E-state index contributed by atoms with van der Waals surface area (Å²) in [6.45, 7) is 0. The van der Waals surface area contributed by atoms with E-state index in [0.717, 1.165) is 36.0 Å². The van der Waals surface area contributed by atoms with Crippen LogP contribution in [0.4, 0.5) is 0 Å². The number of hydrogen-bond acceptors (Lipinski definition) is 3. The van der Waals surface area contributed by atoms with Gasteiger partial charge in [-0.3, -0.25) is 4.57 Å². The van der Waals surface area contributed by atoms with Crippen molar-refractivity contribution in [2.75, 3.05) is 0 Å². The van der Waals surface area contributed by atoms with Crippen LogP contribution >= 0.6 is 0 Å². The van der Waals surface area contributed by atoms with Crippen molar-refractivity contribution in [3.63, 3.8) is 0 Å². The van der Waals surface area contributed by atoms with Crippen molar-refractivity contribution in [1.82, 2.24) is 14.5 Å². The van der Waals surface area contributed by atoms with E-state index in [9.17, 15) is 5.26 Å². The molecule has 0 fully saturated rings. The van der Waals surface area contributed by atoms with Crippen molar-refractivity contribution < 1.29 is 0 Å². The van der Waals surface area contributed by atoms with Gasteiger partial charge in [-0.2, -0.15) is 5.26 Å². The van der Waals surface area contributed by atoms with Gasteiger partial charge in [0.2, 0.25) is 0 Å². The lowest BCUT2D eigenvalue weighted by atomic mass is 10.1. The molecule has 20 heavy (non-hydrogen) atoms. The van der Waals surface area contributed by atoms with Gasteiger partial charge in [0, 0.05) is 5.69 Å². The SMILES string of the molecule is N#Cc1cc2c(nc1-n1cnc3ccccc31)CCC2. The molecule has 0 aliphatic heterocycles. The summed E-state index contributed by atoms with van der Waals surface area (Å²) >= 11 is 0. The molecule has 96 valence electrons. The Balaban J connectivity index is 2.01. The molecule has 0 atom stereocenters. The number of fused-ring (bicyclic) bond motifs is 2. The molecule has 1 aliphatic rings. The number of imidazole rings is 1. The van der Waals surface area contributed by atoms with E-state index in [1.165, 1.54) is 5.56 Å². The first kappa shape index (κ1) is 11.2. The first-order valence-electron chi connectivity index (χ1n) is 6.72. The van der Waals surface area contributed by atoms with Crippen molar-refractivity contribution >= 4 is 11.0 Å². The van der Waals surface area contributed by atoms with E-state index in [0.29, 0.717) is 11.4 Å². The molecular formula is C16H12N4. The smallest absolute Gasteiger partial charge is 0.156 e. The Morgan fingerprint density at radius 1 is 1.20 bits per heavy atom. The van der Waals surface area contributed by atoms with E-state index in [1.54, 1.807) is 6.33 Å². The third-order valence-corrected chi connectivity index (χ3v) is 3.83. The van der Waals surface area contributed by atoms with Crippen LogP contribution in [0, 0.1) is 11.3 Å². The van der Waals surface area contributed by atoms with Crippen molar-refractivity contribution in [3.05, 3.63) is 53.5 Å². The molecule has 3 aromatic rings. The minimum Gasteiger partial charge on any atom is -0.282 e. The van der Waals surface area contributed by atoms with Crippen LogP contribution in [0.1, 0.15) is 23.2 Å². The van der Waals surface area contributed by atoms with Crippen LogP contribution in [0.3, 0.4) is 0 Å². The number of pyridine rings is 1. The Morgan fingerprint density at radius 2 is 2.10 bits per heavy atom. The van der Waals surface area contributed by atoms with Gasteiger partial charge in [0.25, 0.3) is 0 Å². The third kappa shape index (κ3) is 1.53. The van der Waals surface area contributed by atoms with E-state index >= 15 is 0 Å². The van der Waals surface area contributed by atoms with Crippen LogP contribution in [-0.4, -0.2) is 14.5 Å². The topological polar surface area (TPSA) is 54.5 Å². The normalized spacial score (nSPS) is 13.3. The predicted octanol–water partition coefficient (Wildman–Crippen LogP) is 2.78. The monoisotopic (exact) mass is 260 g/mol. The second-order valence-electron chi connectivity index (χ2n) is 5.03. The van der Waals surface area contributed by atoms with Gasteiger partial charge in [-0.25, -0.2) is 9.97 Å². The molecule has 2 heterocycles. The number of hydrogen-bond donors (Lipinski definition) is 0. The zero-order valence-electron chi connectivity index (χ0n) is 10.9. The van der Waals surface area contributed by atoms with Crippen LogP contribution in [0.25, 0.3) is 16.9 Å². The number of aromatic nitrogens is 3. The quantitative estimate of drug-likeness (QED) is 0.676. The molecule has 0 saturated heterocycles. The lowest BCUT2D eigenvalue weighted by Gasteiger charge is -2.08. The summed E-state index contributed by atoms with van der Waals surface area (Å²) in [5, 5.41) is 9.40. The molecule has 0 radical (unpaired) electrons. The van der Waals surface area contributed by atoms with Gasteiger partial charge < -0.3 is 0 Å². The lowest BCUT2D eigenvalue weighted by molar-refractivity contribution is 0.893. The Morgan fingerprint density at radius 3 is 3.00 bits per heavy atom. The Labute approximate surface area is 116 Å². The van der Waals surface area contributed by atoms with E-state index in [-0.39, 0.29) is 0 Å². The molecule has 4 rings (SSSR count). The first-order chi connectivity index (χ1) is 9.86. The zero-order chi connectivity index (χ0) is 13.5. The minimum atomic E-state index is 0.619. The summed E-state index contributed by atoms with van der Waals surface area (Å²) in [5.41, 5.74) is 4.86. The molecule has 4 heteroatoms. The minimum absolute atomic E-state index is 0.619. The predicted molar refractivity (Wildman–Crippen MR) is 75.6 cm³/mol. The van der Waals surface area contributed by atoms with E-state index < -0.39 is 0 Å². The maximum atomic E-state index is 9.40. The van der Waals surface area contributed by atoms with Gasteiger partial charge in [0.15, 0.2) is 5.82 Å². The van der Waals surface area contributed by atoms with Crippen LogP contribution < -0.4 is 0 Å². The van der Waals surface area contributed by atoms with Gasteiger partial charge in [-0.05, 0) is 43.0 Å². The molecule has 0 saturated carbocycles. The molecular weight excluding hydrogens is 248 g/mol. The lowest BCUT2D eigenvalue weighted by Crippen LogP contribution is -2.03. The fourth-order valence-electron chi connectivity index (χ4n) is 2.86. The van der Waals surface area contributed by atoms with Crippen molar-refractivity contribution in [2.45, 2.75) is 19.3 Å². The molecule has 0 amide bonds. The highest BCUT2D eigenvalue weighted by atomic mass is 15.1. The standard InChI is InChI=1S/C16H12N4/c17-9-12-8-11-4-3-6-13(11)19-16(12)20-10-18-14-5-1-2-7-15(14)20/h1-2,5,7-8,10H,3-4,6H2. The zero-order valence-corrected chi connectivity index (χ0v) is 10.9. The fourth-order valence-corrected chi connectivity index (χ4v) is 2.86. The van der Waals surface area contributed by atoms with Crippen molar-refractivity contribution in [3.8, 4) is 11.9 Å². The number of rotatable bonds is 1. The van der Waals surface area contributed by atoms with Gasteiger partial charge in [0.1, 0.15) is 12.4 Å². The Kier molecular flexibility index (Phi) is 2.33. The summed E-state index contributed by atoms with van der Waals surface area (Å²) in [5.74, 6) is 0.696. The number of benzene rings is 1. The largest absolute Gasteiger partial charge is 0.282 e. The highest BCUT2D eigenvalue weighted by molar-refractivity contribution is 5.77. The molecule has 0 unspecified atom stereocenters. The Hall–Kier alpha value is -2.67. The summed E-state index contributed by atoms with van der Waals surface area (Å²) in [6.07, 6.45) is 4.90. The summed E-state index contributed by atoms with van der Waals surface area (Å²) in [4.78, 5) is 9.09. The maximum Gasteiger partial charge on any atom is 0.156 e. The van der Waals surface area contributed by atoms with Crippen LogP contribution in [-0.2, 0) is 12.8 Å². The van der Waals surface area contributed by atoms with E-state index in [2.05, 4.69) is 11.1 Å². The molecule has 2 aromatic heterocycles. The highest BCUT2D eigenvalue weighted by Crippen LogP contribution is 2.26. The van der Waals surface area contributed by atoms with Crippen LogP contribution in [0.5, 0.6) is 0 Å². The van der Waals surface area contributed by atoms with E-state index in [1.807, 2.05) is 34.9 Å². The van der Waals surface area contributed by atoms with Gasteiger partial charge >= 0.3 is 0 Å². The van der Waals surface area contributed by atoms with Crippen LogP contribution in [0.2, 0.25) is 0 Å². The summed E-state index contributed by atoms with van der Waals surface area (Å²) < 4.78 is 1.91. The number of nitriles is 1. The molecule has 0 N–H and O–H groups in total. The summed E-state index contributed by atoms with van der Waals surface area (Å²) in [7, 11) is 0. The second-order valence-corrected chi connectivity index (χ2v) is 5.03. The number of para-hydroxylation sites is 2. The maximum absolute atomic E-state index is 9.40. The van der Waals surface area contributed by atoms with Crippen molar-refractivity contribution in [2.24, 2.45) is 0 Å². The van der Waals surface area contributed by atoms with Gasteiger partial charge in [-0.15, -0.1) is 0 Å². The molecule has 1 aliphatic carbocycles. The fraction of sp³-hybridized carbons (Fsp3) is 0.188. The highest BCUT2D eigenvalue weighted by Gasteiger charge is 2.18. The first-order valence-corrected chi connectivity index (χ1v) is 6.72. The number of aryl methyl sites for hydroxylation is 2. The Bertz CT molecular complexity index is 855. The second kappa shape index (κ2) is 4.17. The molecule has 1 aromatic carbocycles. The average molecular weight is 260 g/mol. The molecule has 0 spiro atoms. The molecule has 4 nitrogen and oxygen atoms in total. The summed E-state index contributed by atoms with van der Waals surface area (Å²) in [6, 6.07) is 12.1. The van der Waals surface area contributed by atoms with Crippen LogP contribution in [0.15, 0.2) is 36.7 Å². The van der Waals surface area contributed by atoms with Gasteiger partial charge in [0.05, 0.1) is 16.6 Å². The average Bonchev–Trinajstić information content (AvgIpc) is 3.11. The third-order valence-electron chi connectivity index (χ3n) is 3.83. The van der Waals surface area contributed by atoms with E-state index in [4.69, 9.17) is 4.98 Å².